The van der Waals surface area contributed by atoms with Crippen LogP contribution in [0.5, 0.6) is 0 Å². The number of carbonyl (C=O) groups excluding carboxylic acids is 1. The second-order valence-electron chi connectivity index (χ2n) is 4.94. The number of nitrogens with zero attached hydrogens (tertiary/aromatic N) is 1. The van der Waals surface area contributed by atoms with Gasteiger partial charge in [-0.2, -0.15) is 0 Å². The van der Waals surface area contributed by atoms with Crippen LogP contribution in [0.4, 0.5) is 4.39 Å². The number of rotatable bonds is 3. The lowest BCUT2D eigenvalue weighted by atomic mass is 9.97. The number of halogens is 3. The Morgan fingerprint density at radius 2 is 2.30 bits per heavy atom. The molecule has 1 N–H and O–H groups in total. The lowest BCUT2D eigenvalue weighted by molar-refractivity contribution is 0.0669. The van der Waals surface area contributed by atoms with E-state index in [1.165, 1.54) is 12.1 Å². The van der Waals surface area contributed by atoms with Gasteiger partial charge in [0, 0.05) is 18.1 Å². The number of amides is 1. The van der Waals surface area contributed by atoms with Gasteiger partial charge in [0.25, 0.3) is 5.91 Å². The van der Waals surface area contributed by atoms with Gasteiger partial charge in [-0.05, 0) is 50.6 Å². The summed E-state index contributed by atoms with van der Waals surface area (Å²) in [5, 5.41) is 3.43. The molecular weight excluding hydrogens is 302 g/mol. The van der Waals surface area contributed by atoms with Crippen LogP contribution in [0.25, 0.3) is 0 Å². The third kappa shape index (κ3) is 4.08. The molecule has 0 saturated carbocycles. The van der Waals surface area contributed by atoms with Gasteiger partial charge in [-0.1, -0.05) is 11.6 Å². The molecule has 20 heavy (non-hydrogen) atoms. The van der Waals surface area contributed by atoms with Crippen LogP contribution in [0.1, 0.15) is 23.2 Å². The van der Waals surface area contributed by atoms with Crippen molar-refractivity contribution in [2.75, 3.05) is 26.7 Å². The molecule has 1 saturated heterocycles. The highest BCUT2D eigenvalue weighted by atomic mass is 35.5. The molecule has 6 heteroatoms. The van der Waals surface area contributed by atoms with E-state index in [1.54, 1.807) is 11.0 Å². The van der Waals surface area contributed by atoms with Crippen molar-refractivity contribution in [2.45, 2.75) is 12.8 Å². The predicted molar refractivity (Wildman–Crippen MR) is 81.2 cm³/mol. The second-order valence-corrected chi connectivity index (χ2v) is 5.38. The molecule has 0 bridgehead atoms. The summed E-state index contributed by atoms with van der Waals surface area (Å²) in [6, 6.07) is 4.19. The fourth-order valence-electron chi connectivity index (χ4n) is 2.54. The standard InChI is InChI=1S/C14H18ClFN2O.ClH/c1-17-8-10-3-2-6-18(9-10)14(19)12-5-4-11(15)7-13(12)16;/h4-5,7,10,17H,2-3,6,8-9H2,1H3;1H. The summed E-state index contributed by atoms with van der Waals surface area (Å²) in [5.74, 6) is -0.346. The zero-order chi connectivity index (χ0) is 13.8. The molecule has 0 aromatic heterocycles. The van der Waals surface area contributed by atoms with Crippen molar-refractivity contribution in [1.29, 1.82) is 0 Å². The first kappa shape index (κ1) is 17.2. The quantitative estimate of drug-likeness (QED) is 0.928. The summed E-state index contributed by atoms with van der Waals surface area (Å²) in [5.41, 5.74) is 0.106. The van der Waals surface area contributed by atoms with E-state index in [9.17, 15) is 9.18 Å². The molecule has 1 atom stereocenters. The molecule has 0 radical (unpaired) electrons. The van der Waals surface area contributed by atoms with Crippen LogP contribution in [0, 0.1) is 11.7 Å². The Morgan fingerprint density at radius 1 is 1.55 bits per heavy atom. The molecule has 1 aliphatic heterocycles. The zero-order valence-electron chi connectivity index (χ0n) is 11.4. The average molecular weight is 321 g/mol. The molecule has 3 nitrogen and oxygen atoms in total. The first-order chi connectivity index (χ1) is 9.11. The van der Waals surface area contributed by atoms with Gasteiger partial charge in [-0.3, -0.25) is 4.79 Å². The number of carbonyl (C=O) groups is 1. The van der Waals surface area contributed by atoms with Crippen LogP contribution < -0.4 is 5.32 Å². The molecule has 112 valence electrons. The molecule has 1 amide bonds. The van der Waals surface area contributed by atoms with Crippen molar-refractivity contribution in [1.82, 2.24) is 10.2 Å². The molecule has 1 aromatic carbocycles. The van der Waals surface area contributed by atoms with Crippen molar-refractivity contribution in [3.05, 3.63) is 34.6 Å². The van der Waals surface area contributed by atoms with Gasteiger partial charge in [-0.25, -0.2) is 4.39 Å². The number of hydrogen-bond donors (Lipinski definition) is 1. The van der Waals surface area contributed by atoms with Crippen molar-refractivity contribution in [3.63, 3.8) is 0 Å². The van der Waals surface area contributed by atoms with E-state index < -0.39 is 5.82 Å². The summed E-state index contributed by atoms with van der Waals surface area (Å²) in [7, 11) is 1.90. The van der Waals surface area contributed by atoms with E-state index in [2.05, 4.69) is 5.32 Å². The summed E-state index contributed by atoms with van der Waals surface area (Å²) < 4.78 is 13.8. The van der Waals surface area contributed by atoms with Crippen LogP contribution in [-0.4, -0.2) is 37.5 Å². The fraction of sp³-hybridized carbons (Fsp3) is 0.500. The van der Waals surface area contributed by atoms with E-state index in [4.69, 9.17) is 11.6 Å². The molecule has 1 fully saturated rings. The number of hydrogen-bond acceptors (Lipinski definition) is 2. The van der Waals surface area contributed by atoms with Gasteiger partial charge in [0.05, 0.1) is 5.56 Å². The Hall–Kier alpha value is -0.840. The maximum atomic E-state index is 13.8. The van der Waals surface area contributed by atoms with Gasteiger partial charge in [-0.15, -0.1) is 12.4 Å². The summed E-state index contributed by atoms with van der Waals surface area (Å²) in [6.07, 6.45) is 2.07. The SMILES string of the molecule is CNCC1CCCN(C(=O)c2ccc(Cl)cc2F)C1.Cl. The maximum absolute atomic E-state index is 13.8. The van der Waals surface area contributed by atoms with Gasteiger partial charge in [0.2, 0.25) is 0 Å². The molecule has 1 aromatic rings. The average Bonchev–Trinajstić information content (AvgIpc) is 2.39. The number of benzene rings is 1. The molecular formula is C14H19Cl2FN2O. The van der Waals surface area contributed by atoms with Crippen molar-refractivity contribution >= 4 is 29.9 Å². The molecule has 2 rings (SSSR count). The van der Waals surface area contributed by atoms with Gasteiger partial charge in [0.15, 0.2) is 0 Å². The highest BCUT2D eigenvalue weighted by molar-refractivity contribution is 6.30. The van der Waals surface area contributed by atoms with Crippen LogP contribution in [0.2, 0.25) is 5.02 Å². The fourth-order valence-corrected chi connectivity index (χ4v) is 2.70. The first-order valence-corrected chi connectivity index (χ1v) is 6.88. The predicted octanol–water partition coefficient (Wildman–Crippen LogP) is 2.97. The minimum Gasteiger partial charge on any atom is -0.338 e. The number of piperidine rings is 1. The highest BCUT2D eigenvalue weighted by Gasteiger charge is 2.25. The van der Waals surface area contributed by atoms with E-state index in [-0.39, 0.29) is 23.9 Å². The number of nitrogens with one attached hydrogen (secondary N) is 1. The largest absolute Gasteiger partial charge is 0.338 e. The highest BCUT2D eigenvalue weighted by Crippen LogP contribution is 2.21. The Labute approximate surface area is 129 Å². The minimum atomic E-state index is -0.548. The van der Waals surface area contributed by atoms with Crippen molar-refractivity contribution in [3.8, 4) is 0 Å². The van der Waals surface area contributed by atoms with Gasteiger partial charge < -0.3 is 10.2 Å². The Kier molecular flexibility index (Phi) is 6.72. The Bertz CT molecular complexity index is 468. The molecule has 0 spiro atoms. The third-order valence-electron chi connectivity index (χ3n) is 3.46. The summed E-state index contributed by atoms with van der Waals surface area (Å²) >= 11 is 5.70. The van der Waals surface area contributed by atoms with E-state index in [0.717, 1.165) is 19.4 Å². The molecule has 1 heterocycles. The van der Waals surface area contributed by atoms with E-state index >= 15 is 0 Å². The summed E-state index contributed by atoms with van der Waals surface area (Å²) in [6.45, 7) is 2.26. The number of likely N-dealkylation sites (tertiary alicyclic amines) is 1. The third-order valence-corrected chi connectivity index (χ3v) is 3.70. The molecule has 0 aliphatic carbocycles. The molecule has 1 aliphatic rings. The maximum Gasteiger partial charge on any atom is 0.256 e. The van der Waals surface area contributed by atoms with E-state index in [0.29, 0.717) is 24.0 Å². The van der Waals surface area contributed by atoms with Crippen LogP contribution in [-0.2, 0) is 0 Å². The molecule has 1 unspecified atom stereocenters. The van der Waals surface area contributed by atoms with Crippen molar-refractivity contribution < 1.29 is 9.18 Å². The van der Waals surface area contributed by atoms with Crippen LogP contribution in [0.3, 0.4) is 0 Å². The normalized spacial score (nSPS) is 18.6. The lowest BCUT2D eigenvalue weighted by Crippen LogP contribution is -2.42. The van der Waals surface area contributed by atoms with E-state index in [1.807, 2.05) is 7.05 Å². The zero-order valence-corrected chi connectivity index (χ0v) is 12.9. The second kappa shape index (κ2) is 7.81. The smallest absolute Gasteiger partial charge is 0.256 e. The van der Waals surface area contributed by atoms with Crippen LogP contribution >= 0.6 is 24.0 Å². The topological polar surface area (TPSA) is 32.3 Å². The Balaban J connectivity index is 0.00000200. The Morgan fingerprint density at radius 3 is 2.95 bits per heavy atom. The van der Waals surface area contributed by atoms with Crippen LogP contribution in [0.15, 0.2) is 18.2 Å². The summed E-state index contributed by atoms with van der Waals surface area (Å²) in [4.78, 5) is 14.0. The monoisotopic (exact) mass is 320 g/mol. The lowest BCUT2D eigenvalue weighted by Gasteiger charge is -2.32. The van der Waals surface area contributed by atoms with Gasteiger partial charge >= 0.3 is 0 Å². The minimum absolute atomic E-state index is 0. The van der Waals surface area contributed by atoms with Gasteiger partial charge in [0.1, 0.15) is 5.82 Å². The van der Waals surface area contributed by atoms with Crippen molar-refractivity contribution in [2.24, 2.45) is 5.92 Å². The first-order valence-electron chi connectivity index (χ1n) is 6.50.